The van der Waals surface area contributed by atoms with Gasteiger partial charge in [0.05, 0.1) is 11.4 Å². The van der Waals surface area contributed by atoms with Crippen LogP contribution in [0.4, 0.5) is 0 Å². The van der Waals surface area contributed by atoms with Crippen molar-refractivity contribution >= 4 is 28.5 Å². The summed E-state index contributed by atoms with van der Waals surface area (Å²) < 4.78 is 0.100. The van der Waals surface area contributed by atoms with Crippen molar-refractivity contribution in [1.82, 2.24) is 5.32 Å². The smallest absolute Gasteiger partial charge is 0.342 e. The number of hydrogen-bond donors (Lipinski definition) is 1. The monoisotopic (exact) mass is 317 g/mol. The van der Waals surface area contributed by atoms with E-state index in [9.17, 15) is 25.0 Å². The quantitative estimate of drug-likeness (QED) is 0.248. The van der Waals surface area contributed by atoms with E-state index < -0.39 is 28.0 Å². The van der Waals surface area contributed by atoms with Crippen molar-refractivity contribution in [2.24, 2.45) is 0 Å². The van der Waals surface area contributed by atoms with Crippen molar-refractivity contribution in [2.75, 3.05) is 11.0 Å². The number of rotatable bonds is 5. The molecule has 0 aromatic heterocycles. The van der Waals surface area contributed by atoms with Gasteiger partial charge >= 0.3 is 5.66 Å². The minimum atomic E-state index is -2.36. The molecule has 0 unspecified atom stereocenters. The van der Waals surface area contributed by atoms with Gasteiger partial charge in [0.1, 0.15) is 9.85 Å². The molecule has 14 heavy (non-hydrogen) atoms. The molecule has 80 valence electrons. The number of nitro groups is 2. The Hall–Kier alpha value is -1.00. The zero-order valence-electron chi connectivity index (χ0n) is 7.23. The first-order chi connectivity index (χ1) is 6.34. The molecular weight excluding hydrogens is 309 g/mol. The number of halogens is 1. The number of amides is 1. The molecule has 8 nitrogen and oxygen atoms in total. The highest BCUT2D eigenvalue weighted by Gasteiger charge is 2.50. The van der Waals surface area contributed by atoms with E-state index >= 15 is 0 Å². The SMILES string of the molecule is CC(CNC(=O)CI)([N+](=O)[O-])[N+](=O)[O-]. The van der Waals surface area contributed by atoms with Gasteiger partial charge in [0, 0.05) is 0 Å². The molecule has 1 N–H and O–H groups in total. The van der Waals surface area contributed by atoms with Crippen LogP contribution in [0, 0.1) is 20.2 Å². The van der Waals surface area contributed by atoms with E-state index in [4.69, 9.17) is 0 Å². The van der Waals surface area contributed by atoms with E-state index in [2.05, 4.69) is 5.32 Å². The van der Waals surface area contributed by atoms with Crippen LogP contribution < -0.4 is 5.32 Å². The minimum absolute atomic E-state index is 0.100. The van der Waals surface area contributed by atoms with Crippen LogP contribution in [0.1, 0.15) is 6.92 Å². The molecule has 0 aromatic carbocycles. The number of carbonyl (C=O) groups excluding carboxylic acids is 1. The van der Waals surface area contributed by atoms with Gasteiger partial charge in [0.15, 0.2) is 6.54 Å². The third-order valence-corrected chi connectivity index (χ3v) is 2.22. The molecule has 0 heterocycles. The Morgan fingerprint density at radius 2 is 1.86 bits per heavy atom. The number of alkyl halides is 1. The van der Waals surface area contributed by atoms with Crippen LogP contribution in [0.25, 0.3) is 0 Å². The predicted octanol–water partition coefficient (Wildman–Crippen LogP) is -0.193. The lowest BCUT2D eigenvalue weighted by atomic mass is 10.2. The van der Waals surface area contributed by atoms with Gasteiger partial charge in [-0.25, -0.2) is 0 Å². The highest BCUT2D eigenvalue weighted by atomic mass is 127. The summed E-state index contributed by atoms with van der Waals surface area (Å²) in [5.74, 6) is -0.472. The Balaban J connectivity index is 4.47. The van der Waals surface area contributed by atoms with Crippen molar-refractivity contribution < 1.29 is 14.6 Å². The second kappa shape index (κ2) is 5.02. The lowest BCUT2D eigenvalue weighted by Gasteiger charge is -2.12. The van der Waals surface area contributed by atoms with Crippen LogP contribution in [-0.4, -0.2) is 32.4 Å². The molecule has 0 fully saturated rings. The van der Waals surface area contributed by atoms with E-state index in [1.165, 1.54) is 0 Å². The van der Waals surface area contributed by atoms with Gasteiger partial charge in [-0.2, -0.15) is 0 Å². The summed E-state index contributed by atoms with van der Waals surface area (Å²) in [5.41, 5.74) is -2.36. The summed E-state index contributed by atoms with van der Waals surface area (Å²) in [5, 5.41) is 22.9. The summed E-state index contributed by atoms with van der Waals surface area (Å²) in [7, 11) is 0. The van der Waals surface area contributed by atoms with Crippen LogP contribution in [0.15, 0.2) is 0 Å². The van der Waals surface area contributed by atoms with Crippen molar-refractivity contribution in [3.05, 3.63) is 20.2 Å². The Bertz CT molecular complexity index is 254. The second-order valence-corrected chi connectivity index (χ2v) is 3.40. The summed E-state index contributed by atoms with van der Waals surface area (Å²) in [6.45, 7) is 0.231. The minimum Gasteiger partial charge on any atom is -0.342 e. The molecule has 0 radical (unpaired) electrons. The van der Waals surface area contributed by atoms with Gasteiger partial charge in [0.25, 0.3) is 0 Å². The Labute approximate surface area is 92.5 Å². The van der Waals surface area contributed by atoms with E-state index in [-0.39, 0.29) is 4.43 Å². The molecule has 0 spiro atoms. The first-order valence-corrected chi connectivity index (χ1v) is 4.99. The topological polar surface area (TPSA) is 115 Å². The maximum Gasteiger partial charge on any atom is 0.472 e. The van der Waals surface area contributed by atoms with Crippen LogP contribution in [0.3, 0.4) is 0 Å². The standard InChI is InChI=1S/C5H8IN3O5/c1-5(8(11)12,9(13)14)3-7-4(10)2-6/h2-3H2,1H3,(H,7,10). The first kappa shape index (κ1) is 13.0. The third kappa shape index (κ3) is 3.05. The fourth-order valence-electron chi connectivity index (χ4n) is 0.509. The molecule has 0 saturated carbocycles. The molecule has 1 amide bonds. The summed E-state index contributed by atoms with van der Waals surface area (Å²) in [4.78, 5) is 29.4. The average Bonchev–Trinajstić information content (AvgIpc) is 2.12. The number of nitrogens with zero attached hydrogens (tertiary/aromatic N) is 2. The highest BCUT2D eigenvalue weighted by molar-refractivity contribution is 14.1. The Morgan fingerprint density at radius 3 is 2.14 bits per heavy atom. The van der Waals surface area contributed by atoms with E-state index in [0.29, 0.717) is 0 Å². The van der Waals surface area contributed by atoms with Crippen molar-refractivity contribution in [3.8, 4) is 0 Å². The van der Waals surface area contributed by atoms with Gasteiger partial charge in [-0.05, 0) is 0 Å². The number of nitrogens with one attached hydrogen (secondary N) is 1. The van der Waals surface area contributed by atoms with Crippen molar-refractivity contribution in [3.63, 3.8) is 0 Å². The average molecular weight is 317 g/mol. The maximum atomic E-state index is 10.7. The molecule has 0 rings (SSSR count). The van der Waals surface area contributed by atoms with Crippen molar-refractivity contribution in [2.45, 2.75) is 12.6 Å². The van der Waals surface area contributed by atoms with Gasteiger partial charge in [-0.15, -0.1) is 0 Å². The highest BCUT2D eigenvalue weighted by Crippen LogP contribution is 2.08. The lowest BCUT2D eigenvalue weighted by Crippen LogP contribution is -2.52. The number of hydrogen-bond acceptors (Lipinski definition) is 5. The third-order valence-electron chi connectivity index (χ3n) is 1.53. The summed E-state index contributed by atoms with van der Waals surface area (Å²) in [6, 6.07) is 0. The zero-order valence-corrected chi connectivity index (χ0v) is 9.39. The van der Waals surface area contributed by atoms with Gasteiger partial charge in [-0.1, -0.05) is 22.6 Å². The summed E-state index contributed by atoms with van der Waals surface area (Å²) >= 11 is 1.75. The second-order valence-electron chi connectivity index (χ2n) is 2.64. The molecular formula is C5H8IN3O5. The Morgan fingerprint density at radius 1 is 1.43 bits per heavy atom. The normalized spacial score (nSPS) is 10.7. The molecule has 9 heteroatoms. The van der Waals surface area contributed by atoms with Gasteiger partial charge in [0.2, 0.25) is 5.91 Å². The van der Waals surface area contributed by atoms with E-state index in [0.717, 1.165) is 6.92 Å². The van der Waals surface area contributed by atoms with Gasteiger partial charge < -0.3 is 5.32 Å². The van der Waals surface area contributed by atoms with Crippen LogP contribution >= 0.6 is 22.6 Å². The fourth-order valence-corrected chi connectivity index (χ4v) is 0.779. The molecule has 0 saturated heterocycles. The molecule has 0 bridgehead atoms. The van der Waals surface area contributed by atoms with Crippen LogP contribution in [-0.2, 0) is 4.79 Å². The van der Waals surface area contributed by atoms with E-state index in [1.54, 1.807) is 22.6 Å². The fraction of sp³-hybridized carbons (Fsp3) is 0.800. The van der Waals surface area contributed by atoms with E-state index in [1.807, 2.05) is 0 Å². The predicted molar refractivity (Wildman–Crippen MR) is 54.3 cm³/mol. The molecule has 0 aliphatic heterocycles. The Kier molecular flexibility index (Phi) is 4.67. The van der Waals surface area contributed by atoms with Crippen LogP contribution in [0.2, 0.25) is 0 Å². The lowest BCUT2D eigenvalue weighted by molar-refractivity contribution is -0.788. The summed E-state index contributed by atoms with van der Waals surface area (Å²) in [6.07, 6.45) is 0. The molecule has 0 aromatic rings. The number of carbonyl (C=O) groups is 1. The zero-order chi connectivity index (χ0) is 11.4. The first-order valence-electron chi connectivity index (χ1n) is 3.46. The van der Waals surface area contributed by atoms with Gasteiger partial charge in [-0.3, -0.25) is 25.0 Å². The van der Waals surface area contributed by atoms with Crippen molar-refractivity contribution in [1.29, 1.82) is 0 Å². The van der Waals surface area contributed by atoms with Crippen LogP contribution in [0.5, 0.6) is 0 Å². The maximum absolute atomic E-state index is 10.7. The molecule has 0 aliphatic rings. The molecule has 0 aliphatic carbocycles. The largest absolute Gasteiger partial charge is 0.472 e. The molecule has 0 atom stereocenters.